The van der Waals surface area contributed by atoms with Crippen LogP contribution in [0.2, 0.25) is 0 Å². The molecule has 0 unspecified atom stereocenters. The Morgan fingerprint density at radius 2 is 1.86 bits per heavy atom. The van der Waals surface area contributed by atoms with Crippen molar-refractivity contribution in [2.75, 3.05) is 31.2 Å². The van der Waals surface area contributed by atoms with Gasteiger partial charge >= 0.3 is 0 Å². The van der Waals surface area contributed by atoms with Crippen LogP contribution in [0.25, 0.3) is 0 Å². The first-order valence-electron chi connectivity index (χ1n) is 7.90. The normalized spacial score (nSPS) is 23.8. The molecule has 1 spiro atoms. The van der Waals surface area contributed by atoms with Crippen molar-refractivity contribution < 1.29 is 9.53 Å². The molecule has 4 nitrogen and oxygen atoms in total. The molecule has 2 aliphatic heterocycles. The number of anilines is 1. The molecule has 2 heterocycles. The Labute approximate surface area is 137 Å². The van der Waals surface area contributed by atoms with Crippen LogP contribution in [0.5, 0.6) is 0 Å². The summed E-state index contributed by atoms with van der Waals surface area (Å²) >= 11 is 0. The average molecular weight is 323 g/mol. The fourth-order valence-corrected chi connectivity index (χ4v) is 3.94. The molecule has 0 atom stereocenters. The SMILES string of the molecule is Cl.NCC1(C(=O)N2CC3(CC3)c3ccccc32)CCOCC1. The van der Waals surface area contributed by atoms with Crippen molar-refractivity contribution in [2.24, 2.45) is 11.1 Å². The standard InChI is InChI=1S/C17H22N2O2.ClH/c18-11-16(7-9-21-10-8-16)15(20)19-12-17(5-6-17)13-3-1-2-4-14(13)19;/h1-4H,5-12,18H2;1H. The molecule has 5 heteroatoms. The van der Waals surface area contributed by atoms with Crippen LogP contribution in [0.15, 0.2) is 24.3 Å². The number of carbonyl (C=O) groups excluding carboxylic acids is 1. The van der Waals surface area contributed by atoms with E-state index in [1.807, 2.05) is 11.0 Å². The molecule has 2 fully saturated rings. The minimum atomic E-state index is -0.425. The smallest absolute Gasteiger partial charge is 0.234 e. The maximum atomic E-state index is 13.2. The fourth-order valence-electron chi connectivity index (χ4n) is 3.94. The van der Waals surface area contributed by atoms with Gasteiger partial charge in [-0.2, -0.15) is 0 Å². The fraction of sp³-hybridized carbons (Fsp3) is 0.588. The van der Waals surface area contributed by atoms with Gasteiger partial charge in [-0.15, -0.1) is 12.4 Å². The van der Waals surface area contributed by atoms with E-state index in [9.17, 15) is 4.79 Å². The number of ether oxygens (including phenoxy) is 1. The summed E-state index contributed by atoms with van der Waals surface area (Å²) in [5, 5.41) is 0. The number of carbonyl (C=O) groups is 1. The molecule has 1 saturated carbocycles. The number of rotatable bonds is 2. The lowest BCUT2D eigenvalue weighted by Crippen LogP contribution is -2.51. The van der Waals surface area contributed by atoms with Gasteiger partial charge in [0, 0.05) is 37.4 Å². The zero-order valence-corrected chi connectivity index (χ0v) is 13.5. The summed E-state index contributed by atoms with van der Waals surface area (Å²) in [7, 11) is 0. The Balaban J connectivity index is 0.00000144. The third-order valence-corrected chi connectivity index (χ3v) is 5.62. The molecule has 1 aliphatic carbocycles. The van der Waals surface area contributed by atoms with Crippen molar-refractivity contribution in [2.45, 2.75) is 31.1 Å². The molecule has 120 valence electrons. The molecule has 1 aromatic carbocycles. The van der Waals surface area contributed by atoms with E-state index in [0.29, 0.717) is 19.8 Å². The first-order valence-corrected chi connectivity index (χ1v) is 7.90. The largest absolute Gasteiger partial charge is 0.381 e. The number of nitrogens with two attached hydrogens (primary N) is 1. The van der Waals surface area contributed by atoms with Gasteiger partial charge in [-0.05, 0) is 37.3 Å². The van der Waals surface area contributed by atoms with Crippen LogP contribution in [0.3, 0.4) is 0 Å². The first kappa shape index (κ1) is 15.8. The Kier molecular flexibility index (Phi) is 3.96. The maximum Gasteiger partial charge on any atom is 0.234 e. The molecule has 1 aromatic rings. The monoisotopic (exact) mass is 322 g/mol. The van der Waals surface area contributed by atoms with Gasteiger partial charge in [0.2, 0.25) is 5.91 Å². The van der Waals surface area contributed by atoms with Crippen molar-refractivity contribution in [1.29, 1.82) is 0 Å². The van der Waals surface area contributed by atoms with Crippen LogP contribution in [-0.2, 0) is 14.9 Å². The zero-order valence-electron chi connectivity index (χ0n) is 12.7. The van der Waals surface area contributed by atoms with Crippen molar-refractivity contribution >= 4 is 24.0 Å². The highest BCUT2D eigenvalue weighted by atomic mass is 35.5. The van der Waals surface area contributed by atoms with Crippen LogP contribution in [0.1, 0.15) is 31.2 Å². The number of nitrogens with zero attached hydrogens (tertiary/aromatic N) is 1. The number of para-hydroxylation sites is 1. The second-order valence-electron chi connectivity index (χ2n) is 6.79. The number of fused-ring (bicyclic) bond motifs is 2. The Morgan fingerprint density at radius 1 is 1.18 bits per heavy atom. The third kappa shape index (κ3) is 2.16. The highest BCUT2D eigenvalue weighted by molar-refractivity contribution is 6.00. The van der Waals surface area contributed by atoms with E-state index in [1.165, 1.54) is 18.4 Å². The van der Waals surface area contributed by atoms with Gasteiger partial charge in [0.1, 0.15) is 0 Å². The maximum absolute atomic E-state index is 13.2. The molecule has 1 saturated heterocycles. The summed E-state index contributed by atoms with van der Waals surface area (Å²) in [5.74, 6) is 0.213. The summed E-state index contributed by atoms with van der Waals surface area (Å²) in [6.07, 6.45) is 3.89. The van der Waals surface area contributed by atoms with Gasteiger partial charge < -0.3 is 15.4 Å². The summed E-state index contributed by atoms with van der Waals surface area (Å²) in [4.78, 5) is 15.2. The number of hydrogen-bond acceptors (Lipinski definition) is 3. The highest BCUT2D eigenvalue weighted by Gasteiger charge is 2.55. The Bertz CT molecular complexity index is 580. The van der Waals surface area contributed by atoms with Crippen molar-refractivity contribution in [3.8, 4) is 0 Å². The third-order valence-electron chi connectivity index (χ3n) is 5.62. The summed E-state index contributed by atoms with van der Waals surface area (Å²) in [6.45, 7) is 2.54. The molecule has 2 N–H and O–H groups in total. The number of amides is 1. The number of hydrogen-bond donors (Lipinski definition) is 1. The molecule has 0 bridgehead atoms. The van der Waals surface area contributed by atoms with E-state index in [-0.39, 0.29) is 23.7 Å². The number of benzene rings is 1. The van der Waals surface area contributed by atoms with Gasteiger partial charge in [0.25, 0.3) is 0 Å². The van der Waals surface area contributed by atoms with E-state index in [1.54, 1.807) is 0 Å². The van der Waals surface area contributed by atoms with E-state index in [0.717, 1.165) is 25.1 Å². The average Bonchev–Trinajstić information content (AvgIpc) is 3.25. The minimum Gasteiger partial charge on any atom is -0.381 e. The van der Waals surface area contributed by atoms with Gasteiger partial charge in [-0.25, -0.2) is 0 Å². The molecule has 3 aliphatic rings. The van der Waals surface area contributed by atoms with Crippen LogP contribution in [0.4, 0.5) is 5.69 Å². The van der Waals surface area contributed by atoms with Crippen LogP contribution in [-0.4, -0.2) is 32.2 Å². The topological polar surface area (TPSA) is 55.6 Å². The second kappa shape index (κ2) is 5.52. The molecule has 1 amide bonds. The molecule has 4 rings (SSSR count). The number of halogens is 1. The Hall–Kier alpha value is -1.10. The lowest BCUT2D eigenvalue weighted by molar-refractivity contribution is -0.133. The van der Waals surface area contributed by atoms with Crippen molar-refractivity contribution in [3.05, 3.63) is 29.8 Å². The quantitative estimate of drug-likeness (QED) is 0.908. The lowest BCUT2D eigenvalue weighted by Gasteiger charge is -2.37. The van der Waals surface area contributed by atoms with Gasteiger partial charge in [-0.3, -0.25) is 4.79 Å². The zero-order chi connectivity index (χ0) is 14.5. The molecule has 22 heavy (non-hydrogen) atoms. The first-order chi connectivity index (χ1) is 10.2. The highest BCUT2D eigenvalue weighted by Crippen LogP contribution is 2.57. The molecular weight excluding hydrogens is 300 g/mol. The predicted octanol–water partition coefficient (Wildman–Crippen LogP) is 2.24. The van der Waals surface area contributed by atoms with Crippen molar-refractivity contribution in [3.63, 3.8) is 0 Å². The van der Waals surface area contributed by atoms with E-state index in [4.69, 9.17) is 10.5 Å². The van der Waals surface area contributed by atoms with Gasteiger partial charge in [-0.1, -0.05) is 18.2 Å². The van der Waals surface area contributed by atoms with Crippen LogP contribution in [0, 0.1) is 5.41 Å². The van der Waals surface area contributed by atoms with E-state index < -0.39 is 5.41 Å². The Morgan fingerprint density at radius 3 is 2.50 bits per heavy atom. The van der Waals surface area contributed by atoms with Gasteiger partial charge in [0.15, 0.2) is 0 Å². The van der Waals surface area contributed by atoms with Crippen LogP contribution < -0.4 is 10.6 Å². The van der Waals surface area contributed by atoms with Crippen LogP contribution >= 0.6 is 12.4 Å². The lowest BCUT2D eigenvalue weighted by atomic mass is 9.79. The summed E-state index contributed by atoms with van der Waals surface area (Å²) < 4.78 is 5.44. The van der Waals surface area contributed by atoms with E-state index >= 15 is 0 Å². The molecule has 0 radical (unpaired) electrons. The summed E-state index contributed by atoms with van der Waals surface area (Å²) in [6, 6.07) is 8.39. The molecule has 0 aromatic heterocycles. The van der Waals surface area contributed by atoms with Crippen molar-refractivity contribution in [1.82, 2.24) is 0 Å². The molecular formula is C17H23ClN2O2. The predicted molar refractivity (Wildman–Crippen MR) is 88.5 cm³/mol. The summed E-state index contributed by atoms with van der Waals surface area (Å²) in [5.41, 5.74) is 8.29. The van der Waals surface area contributed by atoms with E-state index in [2.05, 4.69) is 18.2 Å². The second-order valence-corrected chi connectivity index (χ2v) is 6.79. The minimum absolute atomic E-state index is 0. The van der Waals surface area contributed by atoms with Gasteiger partial charge in [0.05, 0.1) is 5.41 Å².